The summed E-state index contributed by atoms with van der Waals surface area (Å²) in [6, 6.07) is 5.95. The Morgan fingerprint density at radius 1 is 1.42 bits per heavy atom. The van der Waals surface area contributed by atoms with E-state index in [1.165, 1.54) is 6.92 Å². The number of hydrogen-bond donors (Lipinski definition) is 2. The first-order valence-electron chi connectivity index (χ1n) is 6.71. The Morgan fingerprint density at radius 2 is 2.16 bits per heavy atom. The molecule has 1 saturated heterocycles. The van der Waals surface area contributed by atoms with Crippen molar-refractivity contribution >= 4 is 17.3 Å². The predicted octanol–water partition coefficient (Wildman–Crippen LogP) is 1.45. The quantitative estimate of drug-likeness (QED) is 0.863. The summed E-state index contributed by atoms with van der Waals surface area (Å²) >= 11 is 0. The minimum atomic E-state index is -0.0848. The minimum Gasteiger partial charge on any atom is -0.492 e. The van der Waals surface area contributed by atoms with Crippen LogP contribution in [0.1, 0.15) is 13.8 Å². The SMILES string of the molecule is CCOc1ccc(N2CCNCC2)cc1NC(C)=O. The van der Waals surface area contributed by atoms with Crippen LogP contribution in [0.4, 0.5) is 11.4 Å². The van der Waals surface area contributed by atoms with E-state index in [1.807, 2.05) is 25.1 Å². The second-order valence-electron chi connectivity index (χ2n) is 4.53. The summed E-state index contributed by atoms with van der Waals surface area (Å²) in [7, 11) is 0. The van der Waals surface area contributed by atoms with E-state index in [0.29, 0.717) is 6.61 Å². The van der Waals surface area contributed by atoms with E-state index in [4.69, 9.17) is 4.74 Å². The van der Waals surface area contributed by atoms with Crippen molar-refractivity contribution in [1.82, 2.24) is 5.32 Å². The van der Waals surface area contributed by atoms with Crippen molar-refractivity contribution in [2.75, 3.05) is 43.0 Å². The number of rotatable bonds is 4. The van der Waals surface area contributed by atoms with Gasteiger partial charge >= 0.3 is 0 Å². The number of ether oxygens (including phenoxy) is 1. The molecule has 0 radical (unpaired) electrons. The number of hydrogen-bond acceptors (Lipinski definition) is 4. The standard InChI is InChI=1S/C14H21N3O2/c1-3-19-14-5-4-12(10-13(14)16-11(2)18)17-8-6-15-7-9-17/h4-5,10,15H,3,6-9H2,1-2H3,(H,16,18). The molecule has 1 amide bonds. The van der Waals surface area contributed by atoms with Crippen molar-refractivity contribution in [3.63, 3.8) is 0 Å². The van der Waals surface area contributed by atoms with Gasteiger partial charge in [0.05, 0.1) is 12.3 Å². The largest absolute Gasteiger partial charge is 0.492 e. The Kier molecular flexibility index (Phi) is 4.63. The fourth-order valence-electron chi connectivity index (χ4n) is 2.21. The molecular formula is C14H21N3O2. The van der Waals surface area contributed by atoms with E-state index in [-0.39, 0.29) is 5.91 Å². The molecule has 1 aliphatic rings. The Hall–Kier alpha value is -1.75. The number of carbonyl (C=O) groups excluding carboxylic acids is 1. The van der Waals surface area contributed by atoms with Crippen molar-refractivity contribution in [3.8, 4) is 5.75 Å². The Bertz CT molecular complexity index is 442. The normalized spacial score (nSPS) is 15.2. The Labute approximate surface area is 113 Å². The topological polar surface area (TPSA) is 53.6 Å². The molecule has 5 nitrogen and oxygen atoms in total. The van der Waals surface area contributed by atoms with Crippen LogP contribution in [-0.2, 0) is 4.79 Å². The molecule has 0 spiro atoms. The molecule has 1 heterocycles. The molecule has 2 N–H and O–H groups in total. The minimum absolute atomic E-state index is 0.0848. The van der Waals surface area contributed by atoms with E-state index >= 15 is 0 Å². The van der Waals surface area contributed by atoms with Gasteiger partial charge in [0, 0.05) is 38.8 Å². The lowest BCUT2D eigenvalue weighted by Gasteiger charge is -2.30. The second kappa shape index (κ2) is 6.43. The highest BCUT2D eigenvalue weighted by Gasteiger charge is 2.13. The van der Waals surface area contributed by atoms with Gasteiger partial charge in [-0.15, -0.1) is 0 Å². The third-order valence-electron chi connectivity index (χ3n) is 3.06. The zero-order valence-corrected chi connectivity index (χ0v) is 11.5. The summed E-state index contributed by atoms with van der Waals surface area (Å²) in [5.41, 5.74) is 1.86. The van der Waals surface area contributed by atoms with Crippen LogP contribution in [0.3, 0.4) is 0 Å². The lowest BCUT2D eigenvalue weighted by Crippen LogP contribution is -2.43. The zero-order valence-electron chi connectivity index (χ0n) is 11.5. The highest BCUT2D eigenvalue weighted by molar-refractivity contribution is 5.91. The van der Waals surface area contributed by atoms with Crippen LogP contribution in [0.5, 0.6) is 5.75 Å². The third kappa shape index (κ3) is 3.61. The Balaban J connectivity index is 2.22. The predicted molar refractivity (Wildman–Crippen MR) is 77.0 cm³/mol. The molecule has 0 aliphatic carbocycles. The number of amides is 1. The van der Waals surface area contributed by atoms with E-state index in [1.54, 1.807) is 0 Å². The average molecular weight is 263 g/mol. The van der Waals surface area contributed by atoms with Gasteiger partial charge in [-0.2, -0.15) is 0 Å². The van der Waals surface area contributed by atoms with Gasteiger partial charge in [0.25, 0.3) is 0 Å². The lowest BCUT2D eigenvalue weighted by molar-refractivity contribution is -0.114. The molecule has 1 aromatic carbocycles. The molecule has 0 aromatic heterocycles. The van der Waals surface area contributed by atoms with E-state index in [0.717, 1.165) is 43.3 Å². The summed E-state index contributed by atoms with van der Waals surface area (Å²) in [6.45, 7) is 7.96. The molecule has 0 atom stereocenters. The fraction of sp³-hybridized carbons (Fsp3) is 0.500. The van der Waals surface area contributed by atoms with Gasteiger partial charge in [0.2, 0.25) is 5.91 Å². The first kappa shape index (κ1) is 13.7. The first-order valence-corrected chi connectivity index (χ1v) is 6.71. The third-order valence-corrected chi connectivity index (χ3v) is 3.06. The maximum atomic E-state index is 11.3. The molecule has 2 rings (SSSR count). The molecule has 104 valence electrons. The molecule has 5 heteroatoms. The van der Waals surface area contributed by atoms with Gasteiger partial charge in [-0.1, -0.05) is 0 Å². The summed E-state index contributed by atoms with van der Waals surface area (Å²) in [4.78, 5) is 13.6. The number of piperazine rings is 1. The van der Waals surface area contributed by atoms with Crippen molar-refractivity contribution in [1.29, 1.82) is 0 Å². The summed E-state index contributed by atoms with van der Waals surface area (Å²) < 4.78 is 5.53. The lowest BCUT2D eigenvalue weighted by atomic mass is 10.2. The molecule has 0 unspecified atom stereocenters. The molecule has 0 saturated carbocycles. The molecular weight excluding hydrogens is 242 g/mol. The number of nitrogens with zero attached hydrogens (tertiary/aromatic N) is 1. The van der Waals surface area contributed by atoms with Gasteiger partial charge in [-0.3, -0.25) is 4.79 Å². The monoisotopic (exact) mass is 263 g/mol. The number of nitrogens with one attached hydrogen (secondary N) is 2. The van der Waals surface area contributed by atoms with E-state index in [9.17, 15) is 4.79 Å². The van der Waals surface area contributed by atoms with E-state index < -0.39 is 0 Å². The van der Waals surface area contributed by atoms with Gasteiger partial charge in [-0.25, -0.2) is 0 Å². The first-order chi connectivity index (χ1) is 9.20. The molecule has 1 aliphatic heterocycles. The maximum Gasteiger partial charge on any atom is 0.221 e. The van der Waals surface area contributed by atoms with Gasteiger partial charge in [-0.05, 0) is 25.1 Å². The number of benzene rings is 1. The number of anilines is 2. The van der Waals surface area contributed by atoms with Gasteiger partial charge in [0.1, 0.15) is 5.75 Å². The van der Waals surface area contributed by atoms with Crippen LogP contribution in [0.2, 0.25) is 0 Å². The number of carbonyl (C=O) groups is 1. The fourth-order valence-corrected chi connectivity index (χ4v) is 2.21. The van der Waals surface area contributed by atoms with Crippen LogP contribution in [0.15, 0.2) is 18.2 Å². The highest BCUT2D eigenvalue weighted by Crippen LogP contribution is 2.30. The molecule has 1 aromatic rings. The maximum absolute atomic E-state index is 11.3. The second-order valence-corrected chi connectivity index (χ2v) is 4.53. The Morgan fingerprint density at radius 3 is 2.79 bits per heavy atom. The van der Waals surface area contributed by atoms with Crippen molar-refractivity contribution < 1.29 is 9.53 Å². The summed E-state index contributed by atoms with van der Waals surface area (Å²) in [5.74, 6) is 0.634. The van der Waals surface area contributed by atoms with Crippen LogP contribution < -0.4 is 20.3 Å². The smallest absolute Gasteiger partial charge is 0.221 e. The van der Waals surface area contributed by atoms with Crippen LogP contribution in [0.25, 0.3) is 0 Å². The summed E-state index contributed by atoms with van der Waals surface area (Å²) in [5, 5.41) is 6.16. The molecule has 19 heavy (non-hydrogen) atoms. The zero-order chi connectivity index (χ0) is 13.7. The molecule has 1 fully saturated rings. The highest BCUT2D eigenvalue weighted by atomic mass is 16.5. The van der Waals surface area contributed by atoms with Crippen LogP contribution in [-0.4, -0.2) is 38.7 Å². The van der Waals surface area contributed by atoms with Crippen molar-refractivity contribution in [2.45, 2.75) is 13.8 Å². The van der Waals surface area contributed by atoms with Crippen LogP contribution in [0, 0.1) is 0 Å². The van der Waals surface area contributed by atoms with E-state index in [2.05, 4.69) is 15.5 Å². The van der Waals surface area contributed by atoms with Gasteiger partial charge < -0.3 is 20.3 Å². The van der Waals surface area contributed by atoms with Crippen LogP contribution >= 0.6 is 0 Å². The average Bonchev–Trinajstić information content (AvgIpc) is 2.41. The summed E-state index contributed by atoms with van der Waals surface area (Å²) in [6.07, 6.45) is 0. The van der Waals surface area contributed by atoms with Crippen molar-refractivity contribution in [2.24, 2.45) is 0 Å². The van der Waals surface area contributed by atoms with Gasteiger partial charge in [0.15, 0.2) is 0 Å². The van der Waals surface area contributed by atoms with Crippen molar-refractivity contribution in [3.05, 3.63) is 18.2 Å². The molecule has 0 bridgehead atoms.